The van der Waals surface area contributed by atoms with Gasteiger partial charge in [-0.3, -0.25) is 22.7 Å². The Morgan fingerprint density at radius 1 is 0.565 bits per heavy atom. The molecule has 3 aromatic rings. The van der Waals surface area contributed by atoms with E-state index >= 15 is 0 Å². The topological polar surface area (TPSA) is 271 Å². The highest BCUT2D eigenvalue weighted by Gasteiger charge is 2.24. The molecule has 0 unspecified atom stereocenters. The number of benzene rings is 3. The first-order chi connectivity index (χ1) is 39.7. The number of carbonyl (C=O) groups excluding carboxylic acids is 4. The number of rotatable bonds is 37. The van der Waals surface area contributed by atoms with E-state index in [0.717, 1.165) is 105 Å². The number of nitrogens with zero attached hydrogens (tertiary/aromatic N) is 3. The minimum absolute atomic E-state index is 0.00379. The number of nitrogens with two attached hydrogens (primary N) is 1. The molecular formula is C57H88B2Br4N6O14S2. The largest absolute Gasteiger partial charge is 0.481 e. The van der Waals surface area contributed by atoms with E-state index in [1.807, 2.05) is 52.8 Å². The molecule has 3 rings (SSSR count). The van der Waals surface area contributed by atoms with Crippen molar-refractivity contribution in [2.24, 2.45) is 5.73 Å². The fourth-order valence-corrected chi connectivity index (χ4v) is 10.8. The minimum atomic E-state index is -3.65. The van der Waals surface area contributed by atoms with Crippen LogP contribution in [-0.4, -0.2) is 183 Å². The zero-order valence-corrected chi connectivity index (χ0v) is 58.9. The fourth-order valence-electron chi connectivity index (χ4n) is 8.35. The second-order valence-electron chi connectivity index (χ2n) is 22.0. The number of carbonyl (C=O) groups is 5. The molecule has 2 radical (unpaired) electrons. The van der Waals surface area contributed by atoms with Crippen LogP contribution in [0, 0.1) is 20.8 Å². The summed E-state index contributed by atoms with van der Waals surface area (Å²) in [7, 11) is -4.72. The molecule has 0 fully saturated rings. The Labute approximate surface area is 541 Å². The van der Waals surface area contributed by atoms with Crippen LogP contribution < -0.4 is 30.9 Å². The summed E-state index contributed by atoms with van der Waals surface area (Å²) in [6.07, 6.45) is 4.99. The zero-order chi connectivity index (χ0) is 64.6. The maximum absolute atomic E-state index is 12.4. The standard InChI is InChI=1S/C22H36BN2O9S2.C20H30BBr2N2O3.C15H22Br2N2O2/c1-17-7-8-20(25(9-11-32-35(5,28)29)10-12-33-36(6,30)31)14-18(17)13-19(24-23-16-26)15-21(27)34-22(2,3)4;1-15-5-6-18(25(9-7-22)10-8-23)12-16(15)11-17(24-21-14-26)13-19(27)28-20(2,3)4;1-11-2-3-14(19(6-4-16)7-5-17)9-12(11)8-13(18)10-15(20)21/h7-8,14,16,19,24H,9-13,15H2,1-6H3;5-6,12,14,17,24H,7-11,13H2,1-4H3;2-3,9,13H,4-8,10,18H2,1H3,(H,20,21)/t19-;17-;13-/m111/s1. The zero-order valence-electron chi connectivity index (χ0n) is 51.0. The SMILES string of the molecule is Cc1ccc(N(CCBr)CCBr)cc1C[C@@H](N)CC(=O)O.Cc1ccc(N(CCBr)CCBr)cc1C[C@H](CC(=O)OC(C)(C)C)N[B]C=O.Cc1ccc(N(CCOS(C)(=O)=O)CCOS(C)(=O)=O)cc1C[C@H](CC(=O)OC(C)(C)C)N[B]C=O. The number of nitrogens with one attached hydrogen (secondary N) is 2. The van der Waals surface area contributed by atoms with Gasteiger partial charge in [0.05, 0.1) is 57.4 Å². The first-order valence-corrected chi connectivity index (χ1v) is 35.7. The summed E-state index contributed by atoms with van der Waals surface area (Å²) in [5, 5.41) is 18.4. The highest BCUT2D eigenvalue weighted by molar-refractivity contribution is 9.09. The summed E-state index contributed by atoms with van der Waals surface area (Å²) in [4.78, 5) is 63.4. The number of alkyl halides is 4. The van der Waals surface area contributed by atoms with Gasteiger partial charge in [0.1, 0.15) is 11.2 Å². The van der Waals surface area contributed by atoms with E-state index in [4.69, 9.17) is 28.7 Å². The van der Waals surface area contributed by atoms with Crippen molar-refractivity contribution in [3.05, 3.63) is 88.0 Å². The number of anilines is 3. The van der Waals surface area contributed by atoms with E-state index in [0.29, 0.717) is 37.3 Å². The van der Waals surface area contributed by atoms with Crippen molar-refractivity contribution in [1.29, 1.82) is 0 Å². The van der Waals surface area contributed by atoms with Gasteiger partial charge in [0.2, 0.25) is 0 Å². The summed E-state index contributed by atoms with van der Waals surface area (Å²) >= 11 is 14.0. The molecule has 0 saturated carbocycles. The summed E-state index contributed by atoms with van der Waals surface area (Å²) in [6, 6.07) is 17.3. The van der Waals surface area contributed by atoms with E-state index in [2.05, 4.69) is 127 Å². The first kappa shape index (κ1) is 79.6. The van der Waals surface area contributed by atoms with Gasteiger partial charge >= 0.3 is 17.9 Å². The van der Waals surface area contributed by atoms with Crippen molar-refractivity contribution in [3.63, 3.8) is 0 Å². The maximum atomic E-state index is 12.4. The lowest BCUT2D eigenvalue weighted by atomic mass is 9.91. The van der Waals surface area contributed by atoms with Crippen LogP contribution in [0.5, 0.6) is 0 Å². The third kappa shape index (κ3) is 37.2. The van der Waals surface area contributed by atoms with Gasteiger partial charge in [-0.05, 0) is 151 Å². The molecule has 0 aromatic heterocycles. The van der Waals surface area contributed by atoms with Crippen molar-refractivity contribution in [2.45, 2.75) is 130 Å². The molecule has 85 heavy (non-hydrogen) atoms. The highest BCUT2D eigenvalue weighted by Crippen LogP contribution is 2.25. The Kier molecular flexibility index (Phi) is 38.4. The van der Waals surface area contributed by atoms with Crippen LogP contribution in [0.2, 0.25) is 0 Å². The second kappa shape index (κ2) is 41.0. The smallest absolute Gasteiger partial charge is 0.307 e. The molecule has 0 aliphatic rings. The molecule has 5 N–H and O–H groups in total. The predicted octanol–water partition coefficient (Wildman–Crippen LogP) is 7.36. The monoisotopic (exact) mass is 1480 g/mol. The van der Waals surface area contributed by atoms with Gasteiger partial charge in [-0.1, -0.05) is 81.9 Å². The molecule has 0 spiro atoms. The maximum Gasteiger partial charge on any atom is 0.307 e. The molecule has 28 heteroatoms. The molecule has 0 amide bonds. The van der Waals surface area contributed by atoms with E-state index in [1.165, 1.54) is 14.8 Å². The average molecular weight is 1490 g/mol. The van der Waals surface area contributed by atoms with Gasteiger partial charge in [-0.2, -0.15) is 16.8 Å². The number of aliphatic carboxylic acids is 1. The van der Waals surface area contributed by atoms with E-state index in [-0.39, 0.29) is 63.6 Å². The van der Waals surface area contributed by atoms with Crippen LogP contribution in [-0.2, 0) is 81.3 Å². The van der Waals surface area contributed by atoms with Crippen LogP contribution in [0.15, 0.2) is 54.6 Å². The Balaban J connectivity index is 0.000000660. The number of ether oxygens (including phenoxy) is 2. The van der Waals surface area contributed by atoms with E-state index in [9.17, 15) is 40.8 Å². The molecule has 476 valence electrons. The number of carboxylic acids is 1. The molecule has 20 nitrogen and oxygen atoms in total. The molecule has 3 atom stereocenters. The number of hydrogen-bond donors (Lipinski definition) is 4. The molecule has 0 aliphatic heterocycles. The third-order valence-corrected chi connectivity index (χ3v) is 14.8. The van der Waals surface area contributed by atoms with Crippen molar-refractivity contribution in [3.8, 4) is 0 Å². The third-order valence-electron chi connectivity index (χ3n) is 12.1. The van der Waals surface area contributed by atoms with Gasteiger partial charge in [0, 0.05) is 95.8 Å². The van der Waals surface area contributed by atoms with Crippen molar-refractivity contribution < 1.29 is 63.8 Å². The predicted molar refractivity (Wildman–Crippen MR) is 358 cm³/mol. The lowest BCUT2D eigenvalue weighted by Gasteiger charge is -2.26. The average Bonchev–Trinajstić information content (AvgIpc) is 3.59. The minimum Gasteiger partial charge on any atom is -0.481 e. The lowest BCUT2D eigenvalue weighted by molar-refractivity contribution is -0.156. The summed E-state index contributed by atoms with van der Waals surface area (Å²) in [5.41, 5.74) is 14.1. The molecular weight excluding hydrogens is 1400 g/mol. The summed E-state index contributed by atoms with van der Waals surface area (Å²) < 4.78 is 66.0. The van der Waals surface area contributed by atoms with Gasteiger partial charge in [0.15, 0.2) is 0 Å². The molecule has 0 aliphatic carbocycles. The van der Waals surface area contributed by atoms with Gasteiger partial charge in [-0.15, -0.1) is 0 Å². The van der Waals surface area contributed by atoms with Gasteiger partial charge in [0.25, 0.3) is 35.1 Å². The van der Waals surface area contributed by atoms with Crippen LogP contribution in [0.4, 0.5) is 17.1 Å². The Morgan fingerprint density at radius 2 is 0.871 bits per heavy atom. The molecule has 0 bridgehead atoms. The lowest BCUT2D eigenvalue weighted by Crippen LogP contribution is -2.38. The van der Waals surface area contributed by atoms with Crippen molar-refractivity contribution in [2.75, 3.05) is 101 Å². The number of esters is 2. The summed E-state index contributed by atoms with van der Waals surface area (Å²) in [5.74, 6) is -1.54. The van der Waals surface area contributed by atoms with Crippen molar-refractivity contribution in [1.82, 2.24) is 10.5 Å². The highest BCUT2D eigenvalue weighted by atomic mass is 79.9. The molecule has 3 aromatic carbocycles. The first-order valence-electron chi connectivity index (χ1n) is 27.6. The van der Waals surface area contributed by atoms with Gasteiger partial charge in [-0.25, -0.2) is 0 Å². The fraction of sp³-hybridized carbons (Fsp3) is 0.596. The Hall–Kier alpha value is -3.44. The van der Waals surface area contributed by atoms with Crippen LogP contribution >= 0.6 is 63.7 Å². The van der Waals surface area contributed by atoms with E-state index in [1.54, 1.807) is 25.7 Å². The Morgan fingerprint density at radius 3 is 1.14 bits per heavy atom. The number of hydrogen-bond acceptors (Lipinski definition) is 19. The normalized spacial score (nSPS) is 12.7. The van der Waals surface area contributed by atoms with Crippen LogP contribution in [0.3, 0.4) is 0 Å². The van der Waals surface area contributed by atoms with Crippen LogP contribution in [0.25, 0.3) is 0 Å². The quantitative estimate of drug-likeness (QED) is 0.0144. The number of carboxylic acid groups (broad SMARTS) is 1. The molecule has 0 saturated heterocycles. The molecule has 0 heterocycles. The number of aryl methyl sites for hydroxylation is 3. The van der Waals surface area contributed by atoms with E-state index < -0.39 is 49.4 Å². The van der Waals surface area contributed by atoms with Crippen LogP contribution in [0.1, 0.15) is 94.2 Å². The van der Waals surface area contributed by atoms with Gasteiger partial charge < -0.3 is 55.1 Å². The van der Waals surface area contributed by atoms with Crippen molar-refractivity contribution >= 4 is 146 Å². The Bertz CT molecular complexity index is 2710. The second-order valence-corrected chi connectivity index (χ2v) is 28.4. The number of halogens is 4. The summed E-state index contributed by atoms with van der Waals surface area (Å²) in [6.45, 7) is 20.6.